The van der Waals surface area contributed by atoms with Crippen LogP contribution in [0.1, 0.15) is 0 Å². The lowest BCUT2D eigenvalue weighted by Crippen LogP contribution is -1.67. The Hall–Kier alpha value is -1.36. The Morgan fingerprint density at radius 2 is 1.31 bits per heavy atom. The molecule has 0 aliphatic carbocycles. The van der Waals surface area contributed by atoms with Gasteiger partial charge < -0.3 is 15.3 Å². The lowest BCUT2D eigenvalue weighted by atomic mass is 10.3. The molecular formula is C6H8O6P+. The Morgan fingerprint density at radius 1 is 1.00 bits per heavy atom. The van der Waals surface area contributed by atoms with Crippen molar-refractivity contribution in [2.45, 2.75) is 0 Å². The Bertz CT molecular complexity index is 275. The van der Waals surface area contributed by atoms with Gasteiger partial charge in [0, 0.05) is 4.57 Å². The molecular weight excluding hydrogens is 199 g/mol. The van der Waals surface area contributed by atoms with Crippen molar-refractivity contribution in [3.63, 3.8) is 0 Å². The zero-order valence-corrected chi connectivity index (χ0v) is 7.22. The first-order chi connectivity index (χ1) is 5.95. The van der Waals surface area contributed by atoms with Gasteiger partial charge in [-0.3, -0.25) is 0 Å². The number of aromatic hydroxyl groups is 3. The van der Waals surface area contributed by atoms with E-state index in [4.69, 9.17) is 29.7 Å². The van der Waals surface area contributed by atoms with E-state index in [9.17, 15) is 0 Å². The topological polar surface area (TPSA) is 118 Å². The van der Waals surface area contributed by atoms with Crippen molar-refractivity contribution < 1.29 is 29.7 Å². The van der Waals surface area contributed by atoms with Gasteiger partial charge in [0.05, 0.1) is 0 Å². The second-order valence-electron chi connectivity index (χ2n) is 1.90. The number of para-hydroxylation sites is 1. The van der Waals surface area contributed by atoms with Crippen LogP contribution in [0.25, 0.3) is 0 Å². The van der Waals surface area contributed by atoms with Crippen LogP contribution in [-0.4, -0.2) is 25.1 Å². The van der Waals surface area contributed by atoms with Gasteiger partial charge in [-0.2, -0.15) is 0 Å². The van der Waals surface area contributed by atoms with Crippen molar-refractivity contribution in [1.82, 2.24) is 0 Å². The summed E-state index contributed by atoms with van der Waals surface area (Å²) in [6.07, 6.45) is 0. The highest BCUT2D eigenvalue weighted by atomic mass is 31.1. The molecule has 0 atom stereocenters. The fraction of sp³-hybridized carbons (Fsp3) is 0. The third kappa shape index (κ3) is 4.97. The summed E-state index contributed by atoms with van der Waals surface area (Å²) in [6, 6.07) is 4.01. The van der Waals surface area contributed by atoms with Gasteiger partial charge in [0.25, 0.3) is 0 Å². The fourth-order valence-electron chi connectivity index (χ4n) is 0.519. The van der Waals surface area contributed by atoms with Crippen molar-refractivity contribution in [3.05, 3.63) is 18.2 Å². The molecule has 0 aliphatic heterocycles. The number of benzene rings is 1. The van der Waals surface area contributed by atoms with E-state index in [-0.39, 0.29) is 11.5 Å². The first-order valence-electron chi connectivity index (χ1n) is 3.00. The maximum atomic E-state index is 8.71. The molecule has 0 fully saturated rings. The summed E-state index contributed by atoms with van der Waals surface area (Å²) in [7, 11) is -2.87. The molecule has 0 heterocycles. The van der Waals surface area contributed by atoms with Crippen molar-refractivity contribution in [3.8, 4) is 17.2 Å². The highest BCUT2D eigenvalue weighted by Crippen LogP contribution is 2.32. The average molecular weight is 207 g/mol. The molecule has 13 heavy (non-hydrogen) atoms. The summed E-state index contributed by atoms with van der Waals surface area (Å²) in [6.45, 7) is 0. The van der Waals surface area contributed by atoms with Crippen LogP contribution >= 0.6 is 8.25 Å². The maximum absolute atomic E-state index is 8.71. The van der Waals surface area contributed by atoms with E-state index in [0.717, 1.165) is 0 Å². The highest BCUT2D eigenvalue weighted by molar-refractivity contribution is 7.30. The van der Waals surface area contributed by atoms with Crippen LogP contribution in [0.3, 0.4) is 0 Å². The van der Waals surface area contributed by atoms with Crippen LogP contribution in [-0.2, 0) is 4.57 Å². The van der Waals surface area contributed by atoms with E-state index < -0.39 is 14.0 Å². The summed E-state index contributed by atoms with van der Waals surface area (Å²) >= 11 is 0. The van der Waals surface area contributed by atoms with Crippen molar-refractivity contribution in [2.75, 3.05) is 0 Å². The van der Waals surface area contributed by atoms with Crippen molar-refractivity contribution in [2.24, 2.45) is 0 Å². The molecule has 5 N–H and O–H groups in total. The molecule has 1 rings (SSSR count). The lowest BCUT2D eigenvalue weighted by molar-refractivity contribution is 0.368. The van der Waals surface area contributed by atoms with Crippen LogP contribution < -0.4 is 0 Å². The Balaban J connectivity index is 0.000000310. The molecule has 0 radical (unpaired) electrons. The third-order valence-electron chi connectivity index (χ3n) is 0.993. The van der Waals surface area contributed by atoms with E-state index in [1.165, 1.54) is 18.2 Å². The Morgan fingerprint density at radius 3 is 1.54 bits per heavy atom. The molecule has 0 aromatic heterocycles. The number of phenols is 3. The summed E-state index contributed by atoms with van der Waals surface area (Å²) in [5.74, 6) is -1.09. The van der Waals surface area contributed by atoms with E-state index in [2.05, 4.69) is 0 Å². The fourth-order valence-corrected chi connectivity index (χ4v) is 0.519. The third-order valence-corrected chi connectivity index (χ3v) is 0.993. The molecule has 0 saturated heterocycles. The van der Waals surface area contributed by atoms with Gasteiger partial charge in [-0.25, -0.2) is 0 Å². The average Bonchev–Trinajstić information content (AvgIpc) is 1.99. The van der Waals surface area contributed by atoms with E-state index in [0.29, 0.717) is 0 Å². The van der Waals surface area contributed by atoms with Gasteiger partial charge in [-0.15, -0.1) is 9.79 Å². The van der Waals surface area contributed by atoms with Crippen molar-refractivity contribution in [1.29, 1.82) is 0 Å². The number of hydrogen-bond acceptors (Lipinski definition) is 4. The molecule has 0 bridgehead atoms. The predicted octanol–water partition coefficient (Wildman–Crippen LogP) is 0.432. The van der Waals surface area contributed by atoms with Crippen LogP contribution in [0.15, 0.2) is 18.2 Å². The predicted molar refractivity (Wildman–Crippen MR) is 43.5 cm³/mol. The molecule has 0 unspecified atom stereocenters. The molecule has 1 aromatic rings. The minimum absolute atomic E-state index is 0.310. The number of phenolic OH excluding ortho intramolecular Hbond substituents is 3. The lowest BCUT2D eigenvalue weighted by Gasteiger charge is -1.96. The largest absolute Gasteiger partial charge is 0.692 e. The van der Waals surface area contributed by atoms with Gasteiger partial charge >= 0.3 is 8.25 Å². The molecule has 72 valence electrons. The smallest absolute Gasteiger partial charge is 0.504 e. The molecule has 0 saturated carbocycles. The Kier molecular flexibility index (Phi) is 4.76. The number of hydrogen-bond donors (Lipinski definition) is 5. The molecule has 0 spiro atoms. The zero-order valence-electron chi connectivity index (χ0n) is 6.32. The SMILES string of the molecule is O=[P+](O)O.Oc1cccc(O)c1O. The quantitative estimate of drug-likeness (QED) is 0.311. The normalized spacial score (nSPS) is 8.46. The highest BCUT2D eigenvalue weighted by Gasteiger charge is 2.00. The second kappa shape index (κ2) is 5.31. The minimum atomic E-state index is -2.87. The van der Waals surface area contributed by atoms with E-state index in [1.54, 1.807) is 0 Å². The Labute approximate surface area is 74.3 Å². The van der Waals surface area contributed by atoms with Gasteiger partial charge in [0.1, 0.15) is 0 Å². The van der Waals surface area contributed by atoms with Crippen LogP contribution in [0.4, 0.5) is 0 Å². The monoisotopic (exact) mass is 207 g/mol. The van der Waals surface area contributed by atoms with Crippen LogP contribution in [0.2, 0.25) is 0 Å². The van der Waals surface area contributed by atoms with Gasteiger partial charge in [0.2, 0.25) is 0 Å². The van der Waals surface area contributed by atoms with Gasteiger partial charge in [-0.05, 0) is 12.1 Å². The van der Waals surface area contributed by atoms with Gasteiger partial charge in [0.15, 0.2) is 17.2 Å². The summed E-state index contributed by atoms with van der Waals surface area (Å²) < 4.78 is 8.70. The molecule has 1 aromatic carbocycles. The summed E-state index contributed by atoms with van der Waals surface area (Å²) in [5, 5.41) is 26.1. The minimum Gasteiger partial charge on any atom is -0.504 e. The van der Waals surface area contributed by atoms with E-state index in [1.807, 2.05) is 0 Å². The summed E-state index contributed by atoms with van der Waals surface area (Å²) in [5.41, 5.74) is 0. The second-order valence-corrected chi connectivity index (χ2v) is 2.40. The van der Waals surface area contributed by atoms with Crippen LogP contribution in [0.5, 0.6) is 17.2 Å². The maximum Gasteiger partial charge on any atom is 0.692 e. The zero-order chi connectivity index (χ0) is 10.4. The first kappa shape index (κ1) is 11.6. The molecule has 0 amide bonds. The molecule has 0 aliphatic rings. The van der Waals surface area contributed by atoms with Crippen LogP contribution in [0, 0.1) is 0 Å². The molecule has 7 heteroatoms. The van der Waals surface area contributed by atoms with E-state index >= 15 is 0 Å². The standard InChI is InChI=1S/C6H6O3.HO3P/c7-4-2-1-3-5(8)6(4)9;1-4(2)3/h1-3,7-9H;(H-,1,2,3)/p+1. The first-order valence-corrected chi connectivity index (χ1v) is 4.16. The molecule has 6 nitrogen and oxygen atoms in total. The summed E-state index contributed by atoms with van der Waals surface area (Å²) in [4.78, 5) is 14.2. The number of rotatable bonds is 0. The van der Waals surface area contributed by atoms with Crippen molar-refractivity contribution >= 4 is 8.25 Å². The van der Waals surface area contributed by atoms with Gasteiger partial charge in [-0.1, -0.05) is 6.07 Å².